The third-order valence-corrected chi connectivity index (χ3v) is 5.14. The number of H-pyrrole nitrogens is 1. The van der Waals surface area contributed by atoms with Crippen LogP contribution in [0.3, 0.4) is 0 Å². The fourth-order valence-corrected chi connectivity index (χ4v) is 4.19. The van der Waals surface area contributed by atoms with Gasteiger partial charge in [-0.15, -0.1) is 0 Å². The molecule has 1 aromatic heterocycles. The fraction of sp³-hybridized carbons (Fsp3) is 0.308. The van der Waals surface area contributed by atoms with Crippen LogP contribution < -0.4 is 5.32 Å². The van der Waals surface area contributed by atoms with Crippen LogP contribution in [0.1, 0.15) is 17.4 Å². The molecule has 1 aromatic carbocycles. The highest BCUT2D eigenvalue weighted by Crippen LogP contribution is 2.32. The van der Waals surface area contributed by atoms with E-state index in [4.69, 9.17) is 0 Å². The lowest BCUT2D eigenvalue weighted by Gasteiger charge is -2.11. The fourth-order valence-electron chi connectivity index (χ4n) is 2.42. The molecule has 6 heteroatoms. The van der Waals surface area contributed by atoms with Gasteiger partial charge in [-0.1, -0.05) is 18.2 Å². The lowest BCUT2D eigenvalue weighted by molar-refractivity contribution is 0.564. The first-order chi connectivity index (χ1) is 9.17. The monoisotopic (exact) mass is 277 g/mol. The largest absolute Gasteiger partial charge is 0.349 e. The Labute approximate surface area is 112 Å². The Morgan fingerprint density at radius 3 is 3.00 bits per heavy atom. The van der Waals surface area contributed by atoms with E-state index in [0.29, 0.717) is 11.4 Å². The van der Waals surface area contributed by atoms with Gasteiger partial charge in [-0.2, -0.15) is 0 Å². The lowest BCUT2D eigenvalue weighted by Crippen LogP contribution is -2.25. The second kappa shape index (κ2) is 4.79. The summed E-state index contributed by atoms with van der Waals surface area (Å²) in [6.07, 6.45) is 4.25. The standard InChI is InChI=1S/C13H15N3O2S/c17-19(18)9-11(10-3-1-2-4-12(10)19)14-6-5-13-15-7-8-16-13/h1-4,7-8,11,14H,5-6,9H2,(H,15,16). The molecule has 2 aromatic rings. The Kier molecular flexibility index (Phi) is 3.12. The van der Waals surface area contributed by atoms with Gasteiger partial charge < -0.3 is 10.3 Å². The van der Waals surface area contributed by atoms with E-state index in [9.17, 15) is 8.42 Å². The molecule has 0 spiro atoms. The van der Waals surface area contributed by atoms with E-state index in [0.717, 1.165) is 17.8 Å². The molecule has 1 atom stereocenters. The predicted molar refractivity (Wildman–Crippen MR) is 71.5 cm³/mol. The Balaban J connectivity index is 1.70. The molecule has 0 radical (unpaired) electrons. The molecule has 2 heterocycles. The Bertz CT molecular complexity index is 665. The summed E-state index contributed by atoms with van der Waals surface area (Å²) in [6.45, 7) is 0.696. The van der Waals surface area contributed by atoms with Gasteiger partial charge in [0.15, 0.2) is 9.84 Å². The summed E-state index contributed by atoms with van der Waals surface area (Å²) in [5.41, 5.74) is 0.877. The molecule has 5 nitrogen and oxygen atoms in total. The Morgan fingerprint density at radius 2 is 2.21 bits per heavy atom. The van der Waals surface area contributed by atoms with Gasteiger partial charge in [0.25, 0.3) is 0 Å². The molecule has 0 saturated carbocycles. The van der Waals surface area contributed by atoms with Crippen molar-refractivity contribution in [2.75, 3.05) is 12.3 Å². The van der Waals surface area contributed by atoms with Crippen molar-refractivity contribution in [2.24, 2.45) is 0 Å². The van der Waals surface area contributed by atoms with Gasteiger partial charge in [-0.3, -0.25) is 0 Å². The predicted octanol–water partition coefficient (Wildman–Crippen LogP) is 1.07. The number of nitrogens with one attached hydrogen (secondary N) is 2. The molecular formula is C13H15N3O2S. The van der Waals surface area contributed by atoms with Gasteiger partial charge in [0.1, 0.15) is 5.82 Å². The van der Waals surface area contributed by atoms with Crippen LogP contribution in [0.4, 0.5) is 0 Å². The number of hydrogen-bond acceptors (Lipinski definition) is 4. The lowest BCUT2D eigenvalue weighted by atomic mass is 10.1. The minimum atomic E-state index is -3.12. The maximum atomic E-state index is 12.0. The number of rotatable bonds is 4. The average molecular weight is 277 g/mol. The molecule has 0 fully saturated rings. The van der Waals surface area contributed by atoms with Crippen molar-refractivity contribution in [2.45, 2.75) is 17.4 Å². The van der Waals surface area contributed by atoms with Gasteiger partial charge in [0.2, 0.25) is 0 Å². The summed E-state index contributed by atoms with van der Waals surface area (Å²) >= 11 is 0. The molecule has 0 bridgehead atoms. The highest BCUT2D eigenvalue weighted by molar-refractivity contribution is 7.91. The zero-order valence-corrected chi connectivity index (χ0v) is 11.2. The maximum absolute atomic E-state index is 12.0. The second-order valence-electron chi connectivity index (χ2n) is 4.61. The maximum Gasteiger partial charge on any atom is 0.180 e. The van der Waals surface area contributed by atoms with Gasteiger partial charge in [0.05, 0.1) is 10.6 Å². The topological polar surface area (TPSA) is 74.8 Å². The first-order valence-corrected chi connectivity index (χ1v) is 7.85. The van der Waals surface area contributed by atoms with Crippen molar-refractivity contribution < 1.29 is 8.42 Å². The van der Waals surface area contributed by atoms with Crippen LogP contribution in [-0.2, 0) is 16.3 Å². The highest BCUT2D eigenvalue weighted by atomic mass is 32.2. The van der Waals surface area contributed by atoms with Crippen molar-refractivity contribution in [3.8, 4) is 0 Å². The first kappa shape index (κ1) is 12.4. The number of hydrogen-bond donors (Lipinski definition) is 2. The average Bonchev–Trinajstić information content (AvgIpc) is 2.98. The minimum Gasteiger partial charge on any atom is -0.349 e. The zero-order valence-electron chi connectivity index (χ0n) is 10.3. The number of nitrogens with zero attached hydrogens (tertiary/aromatic N) is 1. The first-order valence-electron chi connectivity index (χ1n) is 6.20. The van der Waals surface area contributed by atoms with Crippen molar-refractivity contribution >= 4 is 9.84 Å². The smallest absolute Gasteiger partial charge is 0.180 e. The van der Waals surface area contributed by atoms with E-state index in [1.165, 1.54) is 0 Å². The summed E-state index contributed by atoms with van der Waals surface area (Å²) in [5, 5.41) is 3.29. The van der Waals surface area contributed by atoms with E-state index in [1.54, 1.807) is 24.5 Å². The molecule has 100 valence electrons. The summed E-state index contributed by atoms with van der Waals surface area (Å²) in [7, 11) is -3.12. The SMILES string of the molecule is O=S1(=O)CC(NCCc2ncc[nH]2)c2ccccc21. The normalized spacial score (nSPS) is 20.3. The van der Waals surface area contributed by atoms with E-state index >= 15 is 0 Å². The molecule has 1 aliphatic rings. The van der Waals surface area contributed by atoms with Crippen molar-refractivity contribution in [1.29, 1.82) is 0 Å². The van der Waals surface area contributed by atoms with Gasteiger partial charge in [0, 0.05) is 31.4 Å². The number of sulfone groups is 1. The molecule has 0 aliphatic carbocycles. The summed E-state index contributed by atoms with van der Waals surface area (Å²) in [4.78, 5) is 7.63. The zero-order chi connectivity index (χ0) is 13.3. The number of aromatic amines is 1. The molecule has 3 rings (SSSR count). The Hall–Kier alpha value is -1.66. The molecular weight excluding hydrogens is 262 g/mol. The van der Waals surface area contributed by atoms with Crippen LogP contribution in [0, 0.1) is 0 Å². The summed E-state index contributed by atoms with van der Waals surface area (Å²) in [5.74, 6) is 1.05. The number of aromatic nitrogens is 2. The van der Waals surface area contributed by atoms with Crippen molar-refractivity contribution in [3.05, 3.63) is 48.0 Å². The third kappa shape index (κ3) is 2.41. The molecule has 0 amide bonds. The Morgan fingerprint density at radius 1 is 1.37 bits per heavy atom. The summed E-state index contributed by atoms with van der Waals surface area (Å²) < 4.78 is 24.0. The van der Waals surface area contributed by atoms with Crippen LogP contribution in [0.15, 0.2) is 41.6 Å². The van der Waals surface area contributed by atoms with Crippen LogP contribution in [0.5, 0.6) is 0 Å². The van der Waals surface area contributed by atoms with Gasteiger partial charge in [-0.05, 0) is 11.6 Å². The number of benzene rings is 1. The number of imidazole rings is 1. The van der Waals surface area contributed by atoms with E-state index < -0.39 is 9.84 Å². The van der Waals surface area contributed by atoms with Crippen molar-refractivity contribution in [1.82, 2.24) is 15.3 Å². The van der Waals surface area contributed by atoms with Crippen LogP contribution in [-0.4, -0.2) is 30.7 Å². The van der Waals surface area contributed by atoms with E-state index in [-0.39, 0.29) is 11.8 Å². The highest BCUT2D eigenvalue weighted by Gasteiger charge is 2.33. The second-order valence-corrected chi connectivity index (χ2v) is 6.61. The van der Waals surface area contributed by atoms with Gasteiger partial charge in [-0.25, -0.2) is 13.4 Å². The number of fused-ring (bicyclic) bond motifs is 1. The molecule has 2 N–H and O–H groups in total. The van der Waals surface area contributed by atoms with Crippen LogP contribution in [0.2, 0.25) is 0 Å². The van der Waals surface area contributed by atoms with Crippen molar-refractivity contribution in [3.63, 3.8) is 0 Å². The third-order valence-electron chi connectivity index (χ3n) is 3.32. The molecule has 19 heavy (non-hydrogen) atoms. The molecule has 0 saturated heterocycles. The molecule has 1 unspecified atom stereocenters. The van der Waals surface area contributed by atoms with Crippen LogP contribution in [0.25, 0.3) is 0 Å². The van der Waals surface area contributed by atoms with E-state index in [1.807, 2.05) is 12.1 Å². The van der Waals surface area contributed by atoms with Gasteiger partial charge >= 0.3 is 0 Å². The quantitative estimate of drug-likeness (QED) is 0.876. The molecule has 1 aliphatic heterocycles. The van der Waals surface area contributed by atoms with Crippen LogP contribution >= 0.6 is 0 Å². The van der Waals surface area contributed by atoms with E-state index in [2.05, 4.69) is 15.3 Å². The summed E-state index contributed by atoms with van der Waals surface area (Å²) in [6, 6.07) is 7.09. The minimum absolute atomic E-state index is 0.115.